The van der Waals surface area contributed by atoms with E-state index in [1.165, 1.54) is 12.1 Å². The molecule has 6 nitrogen and oxygen atoms in total. The van der Waals surface area contributed by atoms with Gasteiger partial charge in [-0.05, 0) is 48.7 Å². The Balaban J connectivity index is 1.85. The van der Waals surface area contributed by atoms with Crippen LogP contribution in [0.15, 0.2) is 83.8 Å². The van der Waals surface area contributed by atoms with E-state index in [4.69, 9.17) is 0 Å². The van der Waals surface area contributed by atoms with E-state index in [0.29, 0.717) is 11.3 Å². The van der Waals surface area contributed by atoms with Gasteiger partial charge in [0.2, 0.25) is 15.9 Å². The van der Waals surface area contributed by atoms with E-state index < -0.39 is 22.0 Å². The highest BCUT2D eigenvalue weighted by Crippen LogP contribution is 2.15. The first-order valence-corrected chi connectivity index (χ1v) is 11.0. The minimum absolute atomic E-state index is 0.0984. The second-order valence-electron chi connectivity index (χ2n) is 7.02. The lowest BCUT2D eigenvalue weighted by atomic mass is 10.1. The van der Waals surface area contributed by atoms with Crippen LogP contribution in [0.1, 0.15) is 16.7 Å². The van der Waals surface area contributed by atoms with E-state index in [1.54, 1.807) is 36.4 Å². The molecule has 0 bridgehead atoms. The van der Waals surface area contributed by atoms with Gasteiger partial charge in [-0.15, -0.1) is 0 Å². The van der Waals surface area contributed by atoms with E-state index >= 15 is 0 Å². The molecule has 1 unspecified atom stereocenters. The number of nitrogens with one attached hydrogen (secondary N) is 2. The predicted octanol–water partition coefficient (Wildman–Crippen LogP) is 3.02. The minimum Gasteiger partial charge on any atom is -0.392 e. The topological polar surface area (TPSA) is 95.5 Å². The van der Waals surface area contributed by atoms with Gasteiger partial charge < -0.3 is 10.4 Å². The first-order valence-electron chi connectivity index (χ1n) is 9.51. The predicted molar refractivity (Wildman–Crippen MR) is 116 cm³/mol. The van der Waals surface area contributed by atoms with Crippen LogP contribution in [0.25, 0.3) is 0 Å². The van der Waals surface area contributed by atoms with Crippen molar-refractivity contribution in [1.29, 1.82) is 0 Å². The maximum atomic E-state index is 13.0. The van der Waals surface area contributed by atoms with Crippen molar-refractivity contribution in [3.05, 3.63) is 95.6 Å². The van der Waals surface area contributed by atoms with Gasteiger partial charge in [-0.1, -0.05) is 60.2 Å². The Kier molecular flexibility index (Phi) is 6.99. The van der Waals surface area contributed by atoms with Gasteiger partial charge in [0, 0.05) is 5.69 Å². The summed E-state index contributed by atoms with van der Waals surface area (Å²) in [4.78, 5) is 13.1. The average molecular weight is 425 g/mol. The smallest absolute Gasteiger partial charge is 0.242 e. The van der Waals surface area contributed by atoms with Crippen molar-refractivity contribution in [1.82, 2.24) is 4.72 Å². The van der Waals surface area contributed by atoms with Crippen molar-refractivity contribution >= 4 is 21.6 Å². The van der Waals surface area contributed by atoms with E-state index in [1.807, 2.05) is 37.3 Å². The van der Waals surface area contributed by atoms with Crippen molar-refractivity contribution in [2.75, 3.05) is 5.32 Å². The number of anilines is 1. The first-order chi connectivity index (χ1) is 14.4. The third kappa shape index (κ3) is 5.76. The van der Waals surface area contributed by atoms with Gasteiger partial charge in [-0.3, -0.25) is 4.79 Å². The number of carbonyl (C=O) groups excluding carboxylic acids is 1. The molecular weight excluding hydrogens is 400 g/mol. The van der Waals surface area contributed by atoms with Crippen molar-refractivity contribution < 1.29 is 18.3 Å². The summed E-state index contributed by atoms with van der Waals surface area (Å²) in [6, 6.07) is 21.4. The molecule has 0 radical (unpaired) electrons. The molecule has 0 aliphatic rings. The molecule has 0 saturated carbocycles. The highest BCUT2D eigenvalue weighted by atomic mass is 32.2. The van der Waals surface area contributed by atoms with Crippen LogP contribution in [-0.2, 0) is 27.8 Å². The Hall–Kier alpha value is -3.00. The number of rotatable bonds is 8. The van der Waals surface area contributed by atoms with Crippen molar-refractivity contribution in [3.8, 4) is 0 Å². The standard InChI is InChI=1S/C23H24N2O4S/c1-17-10-12-21(13-11-17)30(28,29)25-22(15-18-6-3-2-4-7-18)23(27)24-20-9-5-8-19(14-20)16-26/h2-14,22,25-26H,15-16H2,1H3,(H,24,27). The zero-order chi connectivity index (χ0) is 21.6. The molecule has 30 heavy (non-hydrogen) atoms. The minimum atomic E-state index is -3.90. The van der Waals surface area contributed by atoms with Crippen LogP contribution in [0.4, 0.5) is 5.69 Å². The molecule has 0 aliphatic heterocycles. The Morgan fingerprint density at radius 1 is 0.933 bits per heavy atom. The summed E-state index contributed by atoms with van der Waals surface area (Å²) in [6.45, 7) is 1.72. The molecule has 3 rings (SSSR count). The lowest BCUT2D eigenvalue weighted by Crippen LogP contribution is -2.45. The fraction of sp³-hybridized carbons (Fsp3) is 0.174. The van der Waals surface area contributed by atoms with Gasteiger partial charge in [0.25, 0.3) is 0 Å². The summed E-state index contributed by atoms with van der Waals surface area (Å²) in [5, 5.41) is 12.0. The number of amides is 1. The molecular formula is C23H24N2O4S. The average Bonchev–Trinajstić information content (AvgIpc) is 2.74. The Bertz CT molecular complexity index is 1100. The summed E-state index contributed by atoms with van der Waals surface area (Å²) in [5.41, 5.74) is 2.90. The highest BCUT2D eigenvalue weighted by Gasteiger charge is 2.26. The van der Waals surface area contributed by atoms with Crippen LogP contribution in [0, 0.1) is 6.92 Å². The largest absolute Gasteiger partial charge is 0.392 e. The molecule has 3 aromatic rings. The zero-order valence-electron chi connectivity index (χ0n) is 16.6. The summed E-state index contributed by atoms with van der Waals surface area (Å²) in [7, 11) is -3.90. The van der Waals surface area contributed by atoms with Crippen molar-refractivity contribution in [2.24, 2.45) is 0 Å². The summed E-state index contributed by atoms with van der Waals surface area (Å²) < 4.78 is 28.3. The molecule has 1 atom stereocenters. The van der Waals surface area contributed by atoms with Crippen LogP contribution in [0.2, 0.25) is 0 Å². The van der Waals surface area contributed by atoms with Gasteiger partial charge in [-0.25, -0.2) is 8.42 Å². The van der Waals surface area contributed by atoms with Gasteiger partial charge in [0.15, 0.2) is 0 Å². The summed E-state index contributed by atoms with van der Waals surface area (Å²) in [5.74, 6) is -0.482. The molecule has 1 amide bonds. The van der Waals surface area contributed by atoms with Gasteiger partial charge in [0.05, 0.1) is 11.5 Å². The summed E-state index contributed by atoms with van der Waals surface area (Å²) in [6.07, 6.45) is 0.192. The van der Waals surface area contributed by atoms with Gasteiger partial charge in [0.1, 0.15) is 6.04 Å². The Morgan fingerprint density at radius 3 is 2.27 bits per heavy atom. The Labute approximate surface area is 176 Å². The van der Waals surface area contributed by atoms with Gasteiger partial charge >= 0.3 is 0 Å². The number of aliphatic hydroxyl groups is 1. The SMILES string of the molecule is Cc1ccc(S(=O)(=O)NC(Cc2ccccc2)C(=O)Nc2cccc(CO)c2)cc1. The molecule has 0 heterocycles. The van der Waals surface area contributed by atoms with Crippen LogP contribution in [0.3, 0.4) is 0 Å². The molecule has 0 saturated heterocycles. The molecule has 7 heteroatoms. The van der Waals surface area contributed by atoms with E-state index in [9.17, 15) is 18.3 Å². The molecule has 0 aliphatic carbocycles. The maximum absolute atomic E-state index is 13.0. The van der Waals surface area contributed by atoms with Crippen LogP contribution in [0.5, 0.6) is 0 Å². The lowest BCUT2D eigenvalue weighted by molar-refractivity contribution is -0.117. The van der Waals surface area contributed by atoms with Gasteiger partial charge in [-0.2, -0.15) is 4.72 Å². The number of sulfonamides is 1. The lowest BCUT2D eigenvalue weighted by Gasteiger charge is -2.19. The molecule has 0 spiro atoms. The quantitative estimate of drug-likeness (QED) is 0.518. The Morgan fingerprint density at radius 2 is 1.60 bits per heavy atom. The molecule has 0 fully saturated rings. The second-order valence-corrected chi connectivity index (χ2v) is 8.74. The van der Waals surface area contributed by atoms with Crippen molar-refractivity contribution in [3.63, 3.8) is 0 Å². The normalized spacial score (nSPS) is 12.3. The third-order valence-corrected chi connectivity index (χ3v) is 6.09. The van der Waals surface area contributed by atoms with Crippen molar-refractivity contribution in [2.45, 2.75) is 30.9 Å². The number of aliphatic hydroxyl groups excluding tert-OH is 1. The molecule has 0 aromatic heterocycles. The van der Waals surface area contributed by atoms with E-state index in [-0.39, 0.29) is 17.9 Å². The van der Waals surface area contributed by atoms with Crippen LogP contribution in [-0.4, -0.2) is 25.5 Å². The second kappa shape index (κ2) is 9.67. The summed E-state index contributed by atoms with van der Waals surface area (Å²) >= 11 is 0. The fourth-order valence-corrected chi connectivity index (χ4v) is 4.18. The first kappa shape index (κ1) is 21.7. The van der Waals surface area contributed by atoms with Crippen LogP contribution < -0.4 is 10.0 Å². The molecule has 156 valence electrons. The van der Waals surface area contributed by atoms with E-state index in [0.717, 1.165) is 11.1 Å². The highest BCUT2D eigenvalue weighted by molar-refractivity contribution is 7.89. The number of aryl methyl sites for hydroxylation is 1. The molecule has 3 N–H and O–H groups in total. The molecule has 3 aromatic carbocycles. The van der Waals surface area contributed by atoms with Crippen LogP contribution >= 0.6 is 0 Å². The zero-order valence-corrected chi connectivity index (χ0v) is 17.4. The van der Waals surface area contributed by atoms with E-state index in [2.05, 4.69) is 10.0 Å². The number of benzene rings is 3. The third-order valence-electron chi connectivity index (χ3n) is 4.60. The fourth-order valence-electron chi connectivity index (χ4n) is 2.99. The number of hydrogen-bond acceptors (Lipinski definition) is 4. The number of hydrogen-bond donors (Lipinski definition) is 3. The number of carbonyl (C=O) groups is 1. The monoisotopic (exact) mass is 424 g/mol. The maximum Gasteiger partial charge on any atom is 0.242 e.